The molecule has 2 heterocycles. The number of aryl methyl sites for hydroxylation is 3. The molecule has 0 bridgehead atoms. The summed E-state index contributed by atoms with van der Waals surface area (Å²) in [6.07, 6.45) is 4.69. The van der Waals surface area contributed by atoms with Crippen molar-refractivity contribution in [3.05, 3.63) is 59.5 Å². The number of pyridine rings is 1. The van der Waals surface area contributed by atoms with Gasteiger partial charge in [-0.15, -0.1) is 0 Å². The third-order valence-corrected chi connectivity index (χ3v) is 3.93. The van der Waals surface area contributed by atoms with Gasteiger partial charge in [-0.1, -0.05) is 25.1 Å². The van der Waals surface area contributed by atoms with E-state index < -0.39 is 0 Å². The molecule has 0 aliphatic carbocycles. The second-order valence-electron chi connectivity index (χ2n) is 5.79. The van der Waals surface area contributed by atoms with Gasteiger partial charge in [-0.2, -0.15) is 0 Å². The average Bonchev–Trinajstić information content (AvgIpc) is 2.95. The zero-order valence-corrected chi connectivity index (χ0v) is 14.2. The molecule has 5 nitrogen and oxygen atoms in total. The number of rotatable bonds is 5. The fourth-order valence-electron chi connectivity index (χ4n) is 2.74. The SMILES string of the molecule is CCc1cccc(C)c1NC(=O)COc1cccn2cc(C)nc12. The summed E-state index contributed by atoms with van der Waals surface area (Å²) in [5.74, 6) is 0.422. The lowest BCUT2D eigenvalue weighted by atomic mass is 10.1. The zero-order chi connectivity index (χ0) is 17.1. The van der Waals surface area contributed by atoms with Gasteiger partial charge in [0.05, 0.1) is 5.69 Å². The minimum atomic E-state index is -0.177. The summed E-state index contributed by atoms with van der Waals surface area (Å²) in [5, 5.41) is 2.96. The van der Waals surface area contributed by atoms with Crippen LogP contribution in [0.5, 0.6) is 5.75 Å². The molecule has 0 aliphatic heterocycles. The number of nitrogens with one attached hydrogen (secondary N) is 1. The highest BCUT2D eigenvalue weighted by molar-refractivity contribution is 5.93. The van der Waals surface area contributed by atoms with E-state index in [1.54, 1.807) is 0 Å². The van der Waals surface area contributed by atoms with E-state index in [0.717, 1.165) is 28.9 Å². The maximum Gasteiger partial charge on any atom is 0.262 e. The van der Waals surface area contributed by atoms with Gasteiger partial charge in [-0.05, 0) is 43.5 Å². The molecule has 3 rings (SSSR count). The number of imidazole rings is 1. The highest BCUT2D eigenvalue weighted by Crippen LogP contribution is 2.22. The summed E-state index contributed by atoms with van der Waals surface area (Å²) in [7, 11) is 0. The number of anilines is 1. The minimum Gasteiger partial charge on any atom is -0.480 e. The number of amides is 1. The van der Waals surface area contributed by atoms with Crippen LogP contribution in [-0.4, -0.2) is 21.9 Å². The first-order chi connectivity index (χ1) is 11.6. The van der Waals surface area contributed by atoms with Gasteiger partial charge in [0.2, 0.25) is 0 Å². The van der Waals surface area contributed by atoms with Crippen LogP contribution in [0.3, 0.4) is 0 Å². The third kappa shape index (κ3) is 3.25. The Kier molecular flexibility index (Phi) is 4.51. The van der Waals surface area contributed by atoms with E-state index in [2.05, 4.69) is 17.2 Å². The lowest BCUT2D eigenvalue weighted by Gasteiger charge is -2.13. The maximum atomic E-state index is 12.3. The molecule has 2 aromatic heterocycles. The predicted octanol–water partition coefficient (Wildman–Crippen LogP) is 3.53. The Hall–Kier alpha value is -2.82. The van der Waals surface area contributed by atoms with Crippen LogP contribution in [0.15, 0.2) is 42.7 Å². The fraction of sp³-hybridized carbons (Fsp3) is 0.263. The van der Waals surface area contributed by atoms with Crippen molar-refractivity contribution in [2.75, 3.05) is 11.9 Å². The molecule has 0 spiro atoms. The standard InChI is InChI=1S/C19H21N3O2/c1-4-15-8-5-7-13(2)18(15)21-17(23)12-24-16-9-6-10-22-11-14(3)20-19(16)22/h5-11H,4,12H2,1-3H3,(H,21,23). The number of hydrogen-bond acceptors (Lipinski definition) is 3. The normalized spacial score (nSPS) is 10.8. The first-order valence-corrected chi connectivity index (χ1v) is 8.04. The van der Waals surface area contributed by atoms with Crippen LogP contribution in [0.1, 0.15) is 23.7 Å². The number of benzene rings is 1. The summed E-state index contributed by atoms with van der Waals surface area (Å²) in [6, 6.07) is 9.71. The summed E-state index contributed by atoms with van der Waals surface area (Å²) in [4.78, 5) is 16.7. The molecule has 0 atom stereocenters. The number of carbonyl (C=O) groups is 1. The van der Waals surface area contributed by atoms with Crippen molar-refractivity contribution >= 4 is 17.2 Å². The van der Waals surface area contributed by atoms with Crippen molar-refractivity contribution in [2.45, 2.75) is 27.2 Å². The van der Waals surface area contributed by atoms with Gasteiger partial charge in [-0.3, -0.25) is 4.79 Å². The average molecular weight is 323 g/mol. The smallest absolute Gasteiger partial charge is 0.262 e. The summed E-state index contributed by atoms with van der Waals surface area (Å²) >= 11 is 0. The first-order valence-electron chi connectivity index (χ1n) is 8.04. The quantitative estimate of drug-likeness (QED) is 0.781. The number of para-hydroxylation sites is 1. The van der Waals surface area contributed by atoms with E-state index in [4.69, 9.17) is 4.74 Å². The minimum absolute atomic E-state index is 0.0525. The van der Waals surface area contributed by atoms with Crippen molar-refractivity contribution in [2.24, 2.45) is 0 Å². The molecular weight excluding hydrogens is 302 g/mol. The van der Waals surface area contributed by atoms with Crippen molar-refractivity contribution < 1.29 is 9.53 Å². The molecule has 0 radical (unpaired) electrons. The van der Waals surface area contributed by atoms with E-state index >= 15 is 0 Å². The monoisotopic (exact) mass is 323 g/mol. The van der Waals surface area contributed by atoms with Crippen LogP contribution >= 0.6 is 0 Å². The van der Waals surface area contributed by atoms with Crippen molar-refractivity contribution in [3.8, 4) is 5.75 Å². The molecule has 24 heavy (non-hydrogen) atoms. The van der Waals surface area contributed by atoms with Crippen molar-refractivity contribution in [1.29, 1.82) is 0 Å². The van der Waals surface area contributed by atoms with Crippen molar-refractivity contribution in [3.63, 3.8) is 0 Å². The number of nitrogens with zero attached hydrogens (tertiary/aromatic N) is 2. The van der Waals surface area contributed by atoms with Gasteiger partial charge in [0.25, 0.3) is 5.91 Å². The van der Waals surface area contributed by atoms with Crippen LogP contribution in [0.4, 0.5) is 5.69 Å². The lowest BCUT2D eigenvalue weighted by molar-refractivity contribution is -0.118. The van der Waals surface area contributed by atoms with E-state index in [9.17, 15) is 4.79 Å². The van der Waals surface area contributed by atoms with E-state index in [-0.39, 0.29) is 12.5 Å². The van der Waals surface area contributed by atoms with Gasteiger partial charge in [-0.25, -0.2) is 4.98 Å². The van der Waals surface area contributed by atoms with Gasteiger partial charge in [0.15, 0.2) is 18.0 Å². The molecule has 1 amide bonds. The van der Waals surface area contributed by atoms with Gasteiger partial charge in [0, 0.05) is 18.1 Å². The van der Waals surface area contributed by atoms with E-state index in [1.807, 2.05) is 61.0 Å². The number of aromatic nitrogens is 2. The Morgan fingerprint density at radius 1 is 1.25 bits per heavy atom. The second-order valence-corrected chi connectivity index (χ2v) is 5.79. The number of carbonyl (C=O) groups excluding carboxylic acids is 1. The molecule has 1 aromatic carbocycles. The summed E-state index contributed by atoms with van der Waals surface area (Å²) in [5.41, 5.74) is 4.67. The predicted molar refractivity (Wildman–Crippen MR) is 94.6 cm³/mol. The van der Waals surface area contributed by atoms with Gasteiger partial charge < -0.3 is 14.5 Å². The fourth-order valence-corrected chi connectivity index (χ4v) is 2.74. The van der Waals surface area contributed by atoms with Crippen LogP contribution < -0.4 is 10.1 Å². The third-order valence-electron chi connectivity index (χ3n) is 3.93. The molecule has 0 unspecified atom stereocenters. The summed E-state index contributed by atoms with van der Waals surface area (Å²) < 4.78 is 7.57. The van der Waals surface area contributed by atoms with Crippen LogP contribution in [0, 0.1) is 13.8 Å². The van der Waals surface area contributed by atoms with Crippen molar-refractivity contribution in [1.82, 2.24) is 9.38 Å². The van der Waals surface area contributed by atoms with Gasteiger partial charge >= 0.3 is 0 Å². The van der Waals surface area contributed by atoms with Crippen LogP contribution in [0.25, 0.3) is 5.65 Å². The summed E-state index contributed by atoms with van der Waals surface area (Å²) in [6.45, 7) is 5.93. The van der Waals surface area contributed by atoms with Crippen LogP contribution in [0.2, 0.25) is 0 Å². The molecule has 3 aromatic rings. The molecule has 0 aliphatic rings. The number of hydrogen-bond donors (Lipinski definition) is 1. The number of fused-ring (bicyclic) bond motifs is 1. The van der Waals surface area contributed by atoms with Crippen LogP contribution in [-0.2, 0) is 11.2 Å². The maximum absolute atomic E-state index is 12.3. The Balaban J connectivity index is 1.72. The number of ether oxygens (including phenoxy) is 1. The Morgan fingerprint density at radius 2 is 2.08 bits per heavy atom. The Bertz CT molecular complexity index is 883. The van der Waals surface area contributed by atoms with Gasteiger partial charge in [0.1, 0.15) is 0 Å². The largest absolute Gasteiger partial charge is 0.480 e. The highest BCUT2D eigenvalue weighted by atomic mass is 16.5. The second kappa shape index (κ2) is 6.74. The molecule has 0 saturated carbocycles. The molecular formula is C19H21N3O2. The topological polar surface area (TPSA) is 55.6 Å². The molecule has 0 fully saturated rings. The molecule has 0 saturated heterocycles. The Labute approximate surface area is 141 Å². The zero-order valence-electron chi connectivity index (χ0n) is 14.2. The Morgan fingerprint density at radius 3 is 2.88 bits per heavy atom. The van der Waals surface area contributed by atoms with E-state index in [0.29, 0.717) is 11.4 Å². The molecule has 124 valence electrons. The van der Waals surface area contributed by atoms with E-state index in [1.165, 1.54) is 0 Å². The lowest BCUT2D eigenvalue weighted by Crippen LogP contribution is -2.21. The first kappa shape index (κ1) is 16.1. The molecule has 5 heteroatoms. The highest BCUT2D eigenvalue weighted by Gasteiger charge is 2.11. The molecule has 1 N–H and O–H groups in total.